The Kier molecular flexibility index (Phi) is 3.50. The molecule has 100 valence electrons. The standard InChI is InChI=1S/C17H15NO2/c19-17(11-10-14-6-2-1-3-7-14)18-12-13-20-16-9-5-4-8-15(16)18/h1-11H,12-13H2. The molecule has 1 heterocycles. The lowest BCUT2D eigenvalue weighted by Crippen LogP contribution is -2.36. The van der Waals surface area contributed by atoms with Crippen LogP contribution in [0.4, 0.5) is 5.69 Å². The summed E-state index contributed by atoms with van der Waals surface area (Å²) < 4.78 is 5.55. The maximum atomic E-state index is 12.3. The van der Waals surface area contributed by atoms with Crippen molar-refractivity contribution in [2.24, 2.45) is 0 Å². The van der Waals surface area contributed by atoms with E-state index in [-0.39, 0.29) is 5.91 Å². The normalized spacial score (nSPS) is 13.9. The zero-order valence-electron chi connectivity index (χ0n) is 11.0. The first-order valence-corrected chi connectivity index (χ1v) is 6.61. The summed E-state index contributed by atoms with van der Waals surface area (Å²) in [6, 6.07) is 17.4. The van der Waals surface area contributed by atoms with Gasteiger partial charge in [0.05, 0.1) is 12.2 Å². The number of benzene rings is 2. The van der Waals surface area contributed by atoms with E-state index in [1.54, 1.807) is 11.0 Å². The highest BCUT2D eigenvalue weighted by atomic mass is 16.5. The highest BCUT2D eigenvalue weighted by molar-refractivity contribution is 6.04. The molecule has 1 aliphatic heterocycles. The molecule has 0 saturated carbocycles. The number of rotatable bonds is 2. The predicted octanol–water partition coefficient (Wildman–Crippen LogP) is 3.13. The Balaban J connectivity index is 1.80. The van der Waals surface area contributed by atoms with Crippen LogP contribution >= 0.6 is 0 Å². The third-order valence-electron chi connectivity index (χ3n) is 3.21. The van der Waals surface area contributed by atoms with Gasteiger partial charge in [-0.15, -0.1) is 0 Å². The number of fused-ring (bicyclic) bond motifs is 1. The lowest BCUT2D eigenvalue weighted by atomic mass is 10.2. The number of anilines is 1. The fourth-order valence-electron chi connectivity index (χ4n) is 2.22. The van der Waals surface area contributed by atoms with E-state index in [2.05, 4.69) is 0 Å². The van der Waals surface area contributed by atoms with Crippen LogP contribution in [0.5, 0.6) is 5.75 Å². The summed E-state index contributed by atoms with van der Waals surface area (Å²) in [6.45, 7) is 1.11. The van der Waals surface area contributed by atoms with Gasteiger partial charge in [-0.25, -0.2) is 0 Å². The number of carbonyl (C=O) groups excluding carboxylic acids is 1. The Morgan fingerprint density at radius 1 is 1.05 bits per heavy atom. The van der Waals surface area contributed by atoms with Crippen LogP contribution in [0, 0.1) is 0 Å². The Morgan fingerprint density at radius 3 is 2.65 bits per heavy atom. The van der Waals surface area contributed by atoms with E-state index in [1.807, 2.05) is 60.7 Å². The smallest absolute Gasteiger partial charge is 0.251 e. The van der Waals surface area contributed by atoms with Gasteiger partial charge in [0, 0.05) is 6.08 Å². The molecule has 3 heteroatoms. The summed E-state index contributed by atoms with van der Waals surface area (Å²) in [5.41, 5.74) is 1.85. The van der Waals surface area contributed by atoms with E-state index in [9.17, 15) is 4.79 Å². The van der Waals surface area contributed by atoms with E-state index < -0.39 is 0 Å². The van der Waals surface area contributed by atoms with E-state index >= 15 is 0 Å². The number of hydrogen-bond acceptors (Lipinski definition) is 2. The molecule has 0 unspecified atom stereocenters. The molecule has 0 saturated heterocycles. The summed E-state index contributed by atoms with van der Waals surface area (Å²) in [5.74, 6) is 0.741. The van der Waals surface area contributed by atoms with Crippen LogP contribution in [0.2, 0.25) is 0 Å². The number of ether oxygens (including phenoxy) is 1. The van der Waals surface area contributed by atoms with Gasteiger partial charge < -0.3 is 9.64 Å². The molecule has 0 fully saturated rings. The van der Waals surface area contributed by atoms with Gasteiger partial charge in [-0.1, -0.05) is 42.5 Å². The highest BCUT2D eigenvalue weighted by Crippen LogP contribution is 2.31. The van der Waals surface area contributed by atoms with Gasteiger partial charge in [-0.05, 0) is 23.8 Å². The van der Waals surface area contributed by atoms with Crippen LogP contribution in [0.25, 0.3) is 6.08 Å². The molecule has 3 rings (SSSR count). The highest BCUT2D eigenvalue weighted by Gasteiger charge is 2.21. The van der Waals surface area contributed by atoms with Gasteiger partial charge in [0.1, 0.15) is 12.4 Å². The molecule has 0 atom stereocenters. The van der Waals surface area contributed by atoms with Gasteiger partial charge in [-0.2, -0.15) is 0 Å². The molecule has 3 nitrogen and oxygen atoms in total. The lowest BCUT2D eigenvalue weighted by molar-refractivity contribution is -0.114. The molecule has 1 amide bonds. The van der Waals surface area contributed by atoms with E-state index in [1.165, 1.54) is 0 Å². The first-order chi connectivity index (χ1) is 9.84. The van der Waals surface area contributed by atoms with Gasteiger partial charge in [0.25, 0.3) is 5.91 Å². The van der Waals surface area contributed by atoms with Crippen LogP contribution in [0.15, 0.2) is 60.7 Å². The van der Waals surface area contributed by atoms with Crippen molar-refractivity contribution in [3.8, 4) is 5.75 Å². The van der Waals surface area contributed by atoms with Gasteiger partial charge in [-0.3, -0.25) is 4.79 Å². The Morgan fingerprint density at radius 2 is 1.80 bits per heavy atom. The van der Waals surface area contributed by atoms with Crippen molar-refractivity contribution in [1.29, 1.82) is 0 Å². The number of amides is 1. The van der Waals surface area contributed by atoms with Crippen molar-refractivity contribution in [3.05, 3.63) is 66.2 Å². The van der Waals surface area contributed by atoms with Gasteiger partial charge >= 0.3 is 0 Å². The van der Waals surface area contributed by atoms with Crippen LogP contribution in [-0.4, -0.2) is 19.1 Å². The molecular weight excluding hydrogens is 250 g/mol. The van der Waals surface area contributed by atoms with E-state index in [0.29, 0.717) is 13.2 Å². The van der Waals surface area contributed by atoms with Crippen LogP contribution in [0.3, 0.4) is 0 Å². The SMILES string of the molecule is O=C(C=Cc1ccccc1)N1CCOc2ccccc21. The average Bonchev–Trinajstić information content (AvgIpc) is 2.53. The number of carbonyl (C=O) groups is 1. The number of nitrogens with zero attached hydrogens (tertiary/aromatic N) is 1. The molecule has 0 spiro atoms. The van der Waals surface area contributed by atoms with Gasteiger partial charge in [0.15, 0.2) is 0 Å². The number of hydrogen-bond donors (Lipinski definition) is 0. The fraction of sp³-hybridized carbons (Fsp3) is 0.118. The first kappa shape index (κ1) is 12.5. The van der Waals surface area contributed by atoms with Crippen molar-refractivity contribution in [1.82, 2.24) is 0 Å². The zero-order chi connectivity index (χ0) is 13.8. The molecule has 0 aromatic heterocycles. The summed E-state index contributed by atoms with van der Waals surface area (Å²) in [4.78, 5) is 14.1. The van der Waals surface area contributed by atoms with Crippen LogP contribution in [-0.2, 0) is 4.79 Å². The van der Waals surface area contributed by atoms with Crippen LogP contribution < -0.4 is 9.64 Å². The molecule has 20 heavy (non-hydrogen) atoms. The summed E-state index contributed by atoms with van der Waals surface area (Å²) in [7, 11) is 0. The van der Waals surface area contributed by atoms with Crippen LogP contribution in [0.1, 0.15) is 5.56 Å². The third kappa shape index (κ3) is 2.57. The molecular formula is C17H15NO2. The lowest BCUT2D eigenvalue weighted by Gasteiger charge is -2.28. The largest absolute Gasteiger partial charge is 0.490 e. The summed E-state index contributed by atoms with van der Waals surface area (Å²) in [6.07, 6.45) is 3.44. The third-order valence-corrected chi connectivity index (χ3v) is 3.21. The topological polar surface area (TPSA) is 29.5 Å². The Bertz CT molecular complexity index is 634. The molecule has 0 bridgehead atoms. The Hall–Kier alpha value is -2.55. The van der Waals surface area contributed by atoms with E-state index in [0.717, 1.165) is 17.0 Å². The number of para-hydroxylation sites is 2. The average molecular weight is 265 g/mol. The predicted molar refractivity (Wildman–Crippen MR) is 79.8 cm³/mol. The minimum absolute atomic E-state index is 0.0235. The Labute approximate surface area is 118 Å². The molecule has 2 aromatic rings. The molecule has 0 aliphatic carbocycles. The quantitative estimate of drug-likeness (QED) is 0.781. The molecule has 2 aromatic carbocycles. The molecule has 0 N–H and O–H groups in total. The maximum Gasteiger partial charge on any atom is 0.251 e. The second kappa shape index (κ2) is 5.61. The monoisotopic (exact) mass is 265 g/mol. The van der Waals surface area contributed by atoms with Crippen molar-refractivity contribution in [2.75, 3.05) is 18.1 Å². The second-order valence-corrected chi connectivity index (χ2v) is 4.55. The molecule has 1 aliphatic rings. The van der Waals surface area contributed by atoms with E-state index in [4.69, 9.17) is 4.74 Å². The fourth-order valence-corrected chi connectivity index (χ4v) is 2.22. The van der Waals surface area contributed by atoms with Gasteiger partial charge in [0.2, 0.25) is 0 Å². The van der Waals surface area contributed by atoms with Crippen molar-refractivity contribution in [3.63, 3.8) is 0 Å². The van der Waals surface area contributed by atoms with Crippen molar-refractivity contribution < 1.29 is 9.53 Å². The summed E-state index contributed by atoms with van der Waals surface area (Å²) in [5, 5.41) is 0. The molecule has 0 radical (unpaired) electrons. The maximum absolute atomic E-state index is 12.3. The summed E-state index contributed by atoms with van der Waals surface area (Å²) >= 11 is 0. The van der Waals surface area contributed by atoms with Crippen molar-refractivity contribution in [2.45, 2.75) is 0 Å². The minimum Gasteiger partial charge on any atom is -0.490 e. The van der Waals surface area contributed by atoms with Crippen molar-refractivity contribution >= 4 is 17.7 Å². The first-order valence-electron chi connectivity index (χ1n) is 6.61. The zero-order valence-corrected chi connectivity index (χ0v) is 11.0. The minimum atomic E-state index is -0.0235. The second-order valence-electron chi connectivity index (χ2n) is 4.55.